The number of hydrogen-bond donors (Lipinski definition) is 1. The number of benzene rings is 2. The first kappa shape index (κ1) is 14.3. The summed E-state index contributed by atoms with van der Waals surface area (Å²) < 4.78 is 0. The Morgan fingerprint density at radius 1 is 0.810 bits per heavy atom. The Labute approximate surface area is 118 Å². The maximum absolute atomic E-state index is 11.2. The summed E-state index contributed by atoms with van der Waals surface area (Å²) in [6, 6.07) is 8.85. The molecule has 0 saturated heterocycles. The largest absolute Gasteiger partial charge is 0.545 e. The minimum atomic E-state index is -1.49. The van der Waals surface area contributed by atoms with Gasteiger partial charge in [0.25, 0.3) is 0 Å². The SMILES string of the molecule is O=C([O-])c1ccc(C(=O)O)c(-c2ccccc2C(=O)[O-])c1. The summed E-state index contributed by atoms with van der Waals surface area (Å²) in [5.74, 6) is -4.28. The van der Waals surface area contributed by atoms with Crippen LogP contribution in [0.25, 0.3) is 11.1 Å². The monoisotopic (exact) mass is 284 g/mol. The Morgan fingerprint density at radius 2 is 1.48 bits per heavy atom. The van der Waals surface area contributed by atoms with Gasteiger partial charge >= 0.3 is 5.97 Å². The van der Waals surface area contributed by atoms with Crippen molar-refractivity contribution in [2.24, 2.45) is 0 Å². The lowest BCUT2D eigenvalue weighted by Gasteiger charge is -2.14. The van der Waals surface area contributed by atoms with Crippen molar-refractivity contribution in [2.45, 2.75) is 0 Å². The Bertz CT molecular complexity index is 748. The number of carbonyl (C=O) groups excluding carboxylic acids is 2. The van der Waals surface area contributed by atoms with Crippen molar-refractivity contribution in [3.8, 4) is 11.1 Å². The first-order valence-electron chi connectivity index (χ1n) is 5.81. The molecule has 6 heteroatoms. The lowest BCUT2D eigenvalue weighted by atomic mass is 9.93. The molecule has 0 unspecified atom stereocenters. The predicted molar refractivity (Wildman–Crippen MR) is 67.5 cm³/mol. The maximum Gasteiger partial charge on any atom is 0.336 e. The smallest absolute Gasteiger partial charge is 0.336 e. The molecule has 106 valence electrons. The lowest BCUT2D eigenvalue weighted by Crippen LogP contribution is -2.24. The summed E-state index contributed by atoms with van der Waals surface area (Å²) >= 11 is 0. The van der Waals surface area contributed by atoms with Gasteiger partial charge in [-0.1, -0.05) is 30.3 Å². The zero-order valence-electron chi connectivity index (χ0n) is 10.5. The zero-order valence-corrected chi connectivity index (χ0v) is 10.5. The molecule has 0 aliphatic rings. The quantitative estimate of drug-likeness (QED) is 0.829. The van der Waals surface area contributed by atoms with Gasteiger partial charge in [-0.2, -0.15) is 0 Å². The van der Waals surface area contributed by atoms with E-state index in [0.29, 0.717) is 0 Å². The summed E-state index contributed by atoms with van der Waals surface area (Å²) in [6.07, 6.45) is 0. The zero-order chi connectivity index (χ0) is 15.6. The standard InChI is InChI=1S/C15H10O6/c16-13(17)8-5-6-11(15(20)21)12(7-8)9-3-1-2-4-10(9)14(18)19/h1-7H,(H,16,17)(H,18,19)(H,20,21)/p-2. The lowest BCUT2D eigenvalue weighted by molar-refractivity contribution is -0.256. The van der Waals surface area contributed by atoms with E-state index < -0.39 is 17.9 Å². The van der Waals surface area contributed by atoms with Gasteiger partial charge in [0, 0.05) is 5.56 Å². The number of carboxylic acid groups (broad SMARTS) is 3. The van der Waals surface area contributed by atoms with Crippen LogP contribution >= 0.6 is 0 Å². The van der Waals surface area contributed by atoms with E-state index in [9.17, 15) is 24.6 Å². The fraction of sp³-hybridized carbons (Fsp3) is 0. The van der Waals surface area contributed by atoms with Crippen molar-refractivity contribution in [3.63, 3.8) is 0 Å². The molecule has 21 heavy (non-hydrogen) atoms. The highest BCUT2D eigenvalue weighted by atomic mass is 16.4. The van der Waals surface area contributed by atoms with Crippen LogP contribution in [-0.4, -0.2) is 23.0 Å². The van der Waals surface area contributed by atoms with Gasteiger partial charge in [0.1, 0.15) is 0 Å². The van der Waals surface area contributed by atoms with Gasteiger partial charge in [-0.25, -0.2) is 4.79 Å². The fourth-order valence-electron chi connectivity index (χ4n) is 1.98. The predicted octanol–water partition coefficient (Wildman–Crippen LogP) is -0.221. The Morgan fingerprint density at radius 3 is 2.05 bits per heavy atom. The Hall–Kier alpha value is -3.15. The summed E-state index contributed by atoms with van der Waals surface area (Å²) in [6.45, 7) is 0. The molecular weight excluding hydrogens is 276 g/mol. The van der Waals surface area contributed by atoms with Crippen LogP contribution in [0.15, 0.2) is 42.5 Å². The van der Waals surface area contributed by atoms with E-state index in [1.165, 1.54) is 24.3 Å². The Balaban J connectivity index is 2.78. The van der Waals surface area contributed by atoms with Crippen molar-refractivity contribution in [2.75, 3.05) is 0 Å². The molecule has 0 atom stereocenters. The topological polar surface area (TPSA) is 118 Å². The van der Waals surface area contributed by atoms with Crippen LogP contribution in [0, 0.1) is 0 Å². The van der Waals surface area contributed by atoms with E-state index in [1.807, 2.05) is 0 Å². The number of rotatable bonds is 4. The highest BCUT2D eigenvalue weighted by molar-refractivity contribution is 6.03. The normalized spacial score (nSPS) is 10.1. The van der Waals surface area contributed by atoms with E-state index >= 15 is 0 Å². The van der Waals surface area contributed by atoms with Crippen molar-refractivity contribution >= 4 is 17.9 Å². The van der Waals surface area contributed by atoms with Gasteiger partial charge in [-0.3, -0.25) is 0 Å². The van der Waals surface area contributed by atoms with Crippen molar-refractivity contribution < 1.29 is 29.7 Å². The van der Waals surface area contributed by atoms with E-state index in [0.717, 1.165) is 18.2 Å². The second-order valence-electron chi connectivity index (χ2n) is 4.19. The van der Waals surface area contributed by atoms with Crippen LogP contribution in [0.3, 0.4) is 0 Å². The maximum atomic E-state index is 11.2. The fourth-order valence-corrected chi connectivity index (χ4v) is 1.98. The van der Waals surface area contributed by atoms with Gasteiger partial charge in [0.05, 0.1) is 17.5 Å². The van der Waals surface area contributed by atoms with Gasteiger partial charge in [0.15, 0.2) is 0 Å². The van der Waals surface area contributed by atoms with Crippen LogP contribution < -0.4 is 10.2 Å². The third-order valence-electron chi connectivity index (χ3n) is 2.92. The molecule has 0 amide bonds. The molecule has 0 aromatic heterocycles. The molecular formula is C15H8O6-2. The van der Waals surface area contributed by atoms with E-state index in [1.54, 1.807) is 0 Å². The number of carbonyl (C=O) groups is 3. The molecule has 0 fully saturated rings. The molecule has 0 aliphatic heterocycles. The summed E-state index contributed by atoms with van der Waals surface area (Å²) in [5.41, 5.74) is -0.644. The van der Waals surface area contributed by atoms with Crippen LogP contribution in [-0.2, 0) is 0 Å². The number of carboxylic acids is 3. The van der Waals surface area contributed by atoms with Crippen LogP contribution in [0.4, 0.5) is 0 Å². The van der Waals surface area contributed by atoms with Crippen molar-refractivity contribution in [1.29, 1.82) is 0 Å². The molecule has 6 nitrogen and oxygen atoms in total. The van der Waals surface area contributed by atoms with Crippen LogP contribution in [0.5, 0.6) is 0 Å². The minimum Gasteiger partial charge on any atom is -0.545 e. The first-order chi connectivity index (χ1) is 9.91. The number of aromatic carboxylic acids is 3. The van der Waals surface area contributed by atoms with Crippen LogP contribution in [0.1, 0.15) is 31.1 Å². The van der Waals surface area contributed by atoms with E-state index in [4.69, 9.17) is 5.11 Å². The van der Waals surface area contributed by atoms with Gasteiger partial charge in [-0.15, -0.1) is 0 Å². The molecule has 0 saturated carbocycles. The Kier molecular flexibility index (Phi) is 3.71. The molecule has 2 aromatic carbocycles. The molecule has 0 heterocycles. The molecule has 0 spiro atoms. The summed E-state index contributed by atoms with van der Waals surface area (Å²) in [4.78, 5) is 33.2. The second kappa shape index (κ2) is 5.46. The van der Waals surface area contributed by atoms with Gasteiger partial charge in [-0.05, 0) is 28.8 Å². The van der Waals surface area contributed by atoms with Crippen molar-refractivity contribution in [1.82, 2.24) is 0 Å². The molecule has 2 aromatic rings. The highest BCUT2D eigenvalue weighted by Gasteiger charge is 2.15. The third-order valence-corrected chi connectivity index (χ3v) is 2.92. The summed E-state index contributed by atoms with van der Waals surface area (Å²) in [7, 11) is 0. The number of hydrogen-bond acceptors (Lipinski definition) is 5. The minimum absolute atomic E-state index is 0.0241. The second-order valence-corrected chi connectivity index (χ2v) is 4.19. The average molecular weight is 284 g/mol. The molecule has 1 N–H and O–H groups in total. The first-order valence-corrected chi connectivity index (χ1v) is 5.81. The third kappa shape index (κ3) is 2.74. The van der Waals surface area contributed by atoms with Crippen molar-refractivity contribution in [3.05, 3.63) is 59.2 Å². The molecule has 0 radical (unpaired) electrons. The molecule has 0 aliphatic carbocycles. The molecule has 2 rings (SSSR count). The molecule has 0 bridgehead atoms. The summed E-state index contributed by atoms with van der Waals surface area (Å²) in [5, 5.41) is 31.2. The van der Waals surface area contributed by atoms with Crippen LogP contribution in [0.2, 0.25) is 0 Å². The van der Waals surface area contributed by atoms with Gasteiger partial charge < -0.3 is 24.9 Å². The van der Waals surface area contributed by atoms with E-state index in [-0.39, 0.29) is 27.8 Å². The highest BCUT2D eigenvalue weighted by Crippen LogP contribution is 2.28. The average Bonchev–Trinajstić information content (AvgIpc) is 2.46. The van der Waals surface area contributed by atoms with Gasteiger partial charge in [0.2, 0.25) is 0 Å². The van der Waals surface area contributed by atoms with E-state index in [2.05, 4.69) is 0 Å².